The highest BCUT2D eigenvalue weighted by Gasteiger charge is 2.30. The van der Waals surface area contributed by atoms with Gasteiger partial charge in [-0.25, -0.2) is 9.97 Å². The summed E-state index contributed by atoms with van der Waals surface area (Å²) in [5, 5.41) is 0. The highest BCUT2D eigenvalue weighted by molar-refractivity contribution is 5.81. The molecule has 1 amide bonds. The van der Waals surface area contributed by atoms with E-state index >= 15 is 0 Å². The molecule has 7 heteroatoms. The molecule has 0 saturated carbocycles. The minimum absolute atomic E-state index is 0.0406. The third-order valence-electron chi connectivity index (χ3n) is 5.80. The van der Waals surface area contributed by atoms with Gasteiger partial charge in [0, 0.05) is 31.3 Å². The molecule has 2 aliphatic rings. The van der Waals surface area contributed by atoms with Crippen molar-refractivity contribution in [1.82, 2.24) is 19.8 Å². The van der Waals surface area contributed by atoms with Crippen molar-refractivity contribution in [3.8, 4) is 11.5 Å². The number of methoxy groups -OCH3 is 1. The van der Waals surface area contributed by atoms with E-state index in [-0.39, 0.29) is 5.91 Å². The topological polar surface area (TPSA) is 67.8 Å². The van der Waals surface area contributed by atoms with Crippen molar-refractivity contribution >= 4 is 5.91 Å². The third kappa shape index (κ3) is 4.05. The van der Waals surface area contributed by atoms with Crippen LogP contribution in [0.3, 0.4) is 0 Å². The summed E-state index contributed by atoms with van der Waals surface area (Å²) in [6, 6.07) is 7.68. The van der Waals surface area contributed by atoms with Gasteiger partial charge < -0.3 is 14.4 Å². The zero-order valence-corrected chi connectivity index (χ0v) is 17.3. The Labute approximate surface area is 171 Å². The average Bonchev–Trinajstić information content (AvgIpc) is 3.18. The Morgan fingerprint density at radius 2 is 2.03 bits per heavy atom. The fourth-order valence-corrected chi connectivity index (χ4v) is 4.13. The van der Waals surface area contributed by atoms with Gasteiger partial charge in [-0.15, -0.1) is 0 Å². The number of ether oxygens (including phenoxy) is 2. The number of aromatic nitrogens is 2. The molecule has 0 spiro atoms. The molecule has 2 unspecified atom stereocenters. The molecule has 2 atom stereocenters. The van der Waals surface area contributed by atoms with E-state index in [0.717, 1.165) is 36.5 Å². The van der Waals surface area contributed by atoms with E-state index in [0.29, 0.717) is 30.6 Å². The molecule has 2 aromatic rings. The number of fused-ring (bicyclic) bond motifs is 1. The highest BCUT2D eigenvalue weighted by Crippen LogP contribution is 2.30. The summed E-state index contributed by atoms with van der Waals surface area (Å²) >= 11 is 0. The summed E-state index contributed by atoms with van der Waals surface area (Å²) in [4.78, 5) is 26.5. The second-order valence-electron chi connectivity index (χ2n) is 7.76. The number of carbonyl (C=O) groups is 1. The van der Waals surface area contributed by atoms with Crippen molar-refractivity contribution in [2.75, 3.05) is 27.2 Å². The summed E-state index contributed by atoms with van der Waals surface area (Å²) in [6.07, 6.45) is 4.34. The Balaban J connectivity index is 1.43. The van der Waals surface area contributed by atoms with Crippen LogP contribution >= 0.6 is 0 Å². The Bertz CT molecular complexity index is 888. The normalized spacial score (nSPS) is 20.2. The summed E-state index contributed by atoms with van der Waals surface area (Å²) < 4.78 is 11.2. The van der Waals surface area contributed by atoms with Gasteiger partial charge in [0.05, 0.1) is 18.8 Å². The van der Waals surface area contributed by atoms with Crippen LogP contribution in [0.5, 0.6) is 11.5 Å². The lowest BCUT2D eigenvalue weighted by molar-refractivity contribution is -0.139. The quantitative estimate of drug-likeness (QED) is 0.774. The maximum absolute atomic E-state index is 12.9. The SMILES string of the molecule is COc1ccccc1OC(C)C(=O)N1CCc2nc(C3CCCN3C)ncc2C1. The number of rotatable bonds is 5. The maximum atomic E-state index is 12.9. The summed E-state index contributed by atoms with van der Waals surface area (Å²) in [5.41, 5.74) is 2.09. The minimum atomic E-state index is -0.597. The van der Waals surface area contributed by atoms with Gasteiger partial charge in [-0.1, -0.05) is 12.1 Å². The van der Waals surface area contributed by atoms with Crippen LogP contribution in [0.4, 0.5) is 0 Å². The molecule has 0 N–H and O–H groups in total. The van der Waals surface area contributed by atoms with Gasteiger partial charge >= 0.3 is 0 Å². The van der Waals surface area contributed by atoms with Crippen molar-refractivity contribution in [2.45, 2.75) is 44.9 Å². The van der Waals surface area contributed by atoms with Gasteiger partial charge in [0.25, 0.3) is 5.91 Å². The van der Waals surface area contributed by atoms with Crippen LogP contribution in [-0.2, 0) is 17.8 Å². The number of carbonyl (C=O) groups excluding carboxylic acids is 1. The molecule has 2 aliphatic heterocycles. The first kappa shape index (κ1) is 19.6. The smallest absolute Gasteiger partial charge is 0.263 e. The third-order valence-corrected chi connectivity index (χ3v) is 5.80. The van der Waals surface area contributed by atoms with Crippen molar-refractivity contribution in [3.05, 3.63) is 47.5 Å². The zero-order valence-electron chi connectivity index (χ0n) is 17.3. The molecule has 1 aromatic carbocycles. The molecule has 29 heavy (non-hydrogen) atoms. The Kier molecular flexibility index (Phi) is 5.67. The van der Waals surface area contributed by atoms with E-state index in [2.05, 4.69) is 16.9 Å². The second kappa shape index (κ2) is 8.37. The van der Waals surface area contributed by atoms with Crippen LogP contribution in [0.2, 0.25) is 0 Å². The Morgan fingerprint density at radius 3 is 2.76 bits per heavy atom. The molecule has 1 fully saturated rings. The zero-order chi connectivity index (χ0) is 20.4. The lowest BCUT2D eigenvalue weighted by Gasteiger charge is -2.31. The molecule has 1 saturated heterocycles. The Hall–Kier alpha value is -2.67. The van der Waals surface area contributed by atoms with Gasteiger partial charge in [0.15, 0.2) is 17.6 Å². The van der Waals surface area contributed by atoms with Crippen LogP contribution in [0.1, 0.15) is 42.9 Å². The van der Waals surface area contributed by atoms with Gasteiger partial charge in [0.1, 0.15) is 5.82 Å². The number of hydrogen-bond donors (Lipinski definition) is 0. The summed E-state index contributed by atoms with van der Waals surface area (Å²) in [6.45, 7) is 4.04. The van der Waals surface area contributed by atoms with E-state index in [1.54, 1.807) is 14.0 Å². The number of likely N-dealkylation sites (tertiary alicyclic amines) is 1. The molecule has 7 nitrogen and oxygen atoms in total. The number of hydrogen-bond acceptors (Lipinski definition) is 6. The maximum Gasteiger partial charge on any atom is 0.263 e. The summed E-state index contributed by atoms with van der Waals surface area (Å²) in [7, 11) is 3.72. The molecule has 0 bridgehead atoms. The van der Waals surface area contributed by atoms with Crippen LogP contribution in [0.25, 0.3) is 0 Å². The first-order chi connectivity index (χ1) is 14.1. The lowest BCUT2D eigenvalue weighted by Crippen LogP contribution is -2.43. The molecule has 154 valence electrons. The minimum Gasteiger partial charge on any atom is -0.493 e. The van der Waals surface area contributed by atoms with Gasteiger partial charge in [-0.05, 0) is 45.5 Å². The monoisotopic (exact) mass is 396 g/mol. The van der Waals surface area contributed by atoms with Crippen molar-refractivity contribution in [2.24, 2.45) is 0 Å². The second-order valence-corrected chi connectivity index (χ2v) is 7.76. The first-order valence-corrected chi connectivity index (χ1v) is 10.2. The number of nitrogens with zero attached hydrogens (tertiary/aromatic N) is 4. The fraction of sp³-hybridized carbons (Fsp3) is 0.500. The van der Waals surface area contributed by atoms with Crippen LogP contribution in [-0.4, -0.2) is 59.0 Å². The van der Waals surface area contributed by atoms with Crippen LogP contribution in [0, 0.1) is 0 Å². The molecule has 4 rings (SSSR count). The Morgan fingerprint density at radius 1 is 1.24 bits per heavy atom. The summed E-state index contributed by atoms with van der Waals surface area (Å²) in [5.74, 6) is 2.06. The van der Waals surface area contributed by atoms with E-state index in [4.69, 9.17) is 14.5 Å². The number of para-hydroxylation sites is 2. The highest BCUT2D eigenvalue weighted by atomic mass is 16.5. The molecule has 3 heterocycles. The predicted molar refractivity (Wildman–Crippen MR) is 109 cm³/mol. The molecule has 0 aliphatic carbocycles. The molecular formula is C22H28N4O3. The lowest BCUT2D eigenvalue weighted by atomic mass is 10.1. The van der Waals surface area contributed by atoms with Crippen molar-refractivity contribution < 1.29 is 14.3 Å². The van der Waals surface area contributed by atoms with Crippen LogP contribution in [0.15, 0.2) is 30.5 Å². The average molecular weight is 396 g/mol. The first-order valence-electron chi connectivity index (χ1n) is 10.2. The molecular weight excluding hydrogens is 368 g/mol. The van der Waals surface area contributed by atoms with Gasteiger partial charge in [0.2, 0.25) is 0 Å². The van der Waals surface area contributed by atoms with Gasteiger partial charge in [-0.2, -0.15) is 0 Å². The largest absolute Gasteiger partial charge is 0.493 e. The predicted octanol–water partition coefficient (Wildman–Crippen LogP) is 2.60. The van der Waals surface area contributed by atoms with Crippen LogP contribution < -0.4 is 9.47 Å². The van der Waals surface area contributed by atoms with Crippen molar-refractivity contribution in [3.63, 3.8) is 0 Å². The van der Waals surface area contributed by atoms with E-state index in [1.807, 2.05) is 35.4 Å². The van der Waals surface area contributed by atoms with Crippen molar-refractivity contribution in [1.29, 1.82) is 0 Å². The van der Waals surface area contributed by atoms with E-state index in [1.165, 1.54) is 6.42 Å². The number of benzene rings is 1. The van der Waals surface area contributed by atoms with Gasteiger partial charge in [-0.3, -0.25) is 9.69 Å². The van der Waals surface area contributed by atoms with E-state index in [9.17, 15) is 4.79 Å². The number of amides is 1. The molecule has 0 radical (unpaired) electrons. The standard InChI is InChI=1S/C22H28N4O3/c1-15(29-20-9-5-4-8-19(20)28-3)22(27)26-12-10-17-16(14-26)13-23-21(24-17)18-7-6-11-25(18)2/h4-5,8-9,13,15,18H,6-7,10-12,14H2,1-3H3. The fourth-order valence-electron chi connectivity index (χ4n) is 4.13. The molecule has 1 aromatic heterocycles. The van der Waals surface area contributed by atoms with E-state index < -0.39 is 6.10 Å².